The van der Waals surface area contributed by atoms with Gasteiger partial charge in [0.1, 0.15) is 0 Å². The summed E-state index contributed by atoms with van der Waals surface area (Å²) in [6, 6.07) is 15.1. The van der Waals surface area contributed by atoms with Gasteiger partial charge in [-0.25, -0.2) is 0 Å². The molecule has 1 fully saturated rings. The average molecular weight is 239 g/mol. The monoisotopic (exact) mass is 239 g/mol. The fourth-order valence-electron chi connectivity index (χ4n) is 2.43. The van der Waals surface area contributed by atoms with E-state index in [-0.39, 0.29) is 0 Å². The minimum Gasteiger partial charge on any atom is -0.368 e. The van der Waals surface area contributed by atoms with Crippen molar-refractivity contribution in [2.75, 3.05) is 24.5 Å². The number of anilines is 1. The number of pyridine rings is 1. The Labute approximate surface area is 107 Å². The summed E-state index contributed by atoms with van der Waals surface area (Å²) in [4.78, 5) is 6.62. The lowest BCUT2D eigenvalue weighted by atomic mass is 10.1. The van der Waals surface area contributed by atoms with Crippen LogP contribution in [0.2, 0.25) is 0 Å². The molecule has 1 aliphatic rings. The summed E-state index contributed by atoms with van der Waals surface area (Å²) in [6.07, 6.45) is 3.77. The first-order valence-electron chi connectivity index (χ1n) is 6.37. The molecular formula is C15H17N3. The molecule has 18 heavy (non-hydrogen) atoms. The first-order valence-corrected chi connectivity index (χ1v) is 6.37. The van der Waals surface area contributed by atoms with E-state index in [1.54, 1.807) is 0 Å². The van der Waals surface area contributed by atoms with Gasteiger partial charge in [-0.1, -0.05) is 24.3 Å². The van der Waals surface area contributed by atoms with Gasteiger partial charge >= 0.3 is 0 Å². The second kappa shape index (κ2) is 5.19. The zero-order chi connectivity index (χ0) is 12.2. The van der Waals surface area contributed by atoms with E-state index in [2.05, 4.69) is 51.6 Å². The molecule has 92 valence electrons. The molecule has 1 saturated heterocycles. The lowest BCUT2D eigenvalue weighted by molar-refractivity contribution is 0.471. The smallest absolute Gasteiger partial charge is 0.0514 e. The lowest BCUT2D eigenvalue weighted by Gasteiger charge is -2.35. The van der Waals surface area contributed by atoms with Gasteiger partial charge in [-0.05, 0) is 23.8 Å². The Kier molecular flexibility index (Phi) is 3.24. The third-order valence-corrected chi connectivity index (χ3v) is 3.38. The zero-order valence-corrected chi connectivity index (χ0v) is 10.3. The number of para-hydroxylation sites is 1. The Hall–Kier alpha value is -1.87. The molecule has 3 rings (SSSR count). The van der Waals surface area contributed by atoms with Crippen LogP contribution >= 0.6 is 0 Å². The van der Waals surface area contributed by atoms with Crippen molar-refractivity contribution in [3.05, 3.63) is 60.4 Å². The van der Waals surface area contributed by atoms with Crippen LogP contribution in [0.15, 0.2) is 54.9 Å². The molecule has 2 aromatic rings. The number of aromatic nitrogens is 1. The van der Waals surface area contributed by atoms with Gasteiger partial charge < -0.3 is 10.2 Å². The Bertz CT molecular complexity index is 438. The van der Waals surface area contributed by atoms with Gasteiger partial charge in [0.25, 0.3) is 0 Å². The molecule has 1 atom stereocenters. The number of nitrogens with zero attached hydrogens (tertiary/aromatic N) is 2. The molecule has 3 nitrogen and oxygen atoms in total. The number of nitrogens with one attached hydrogen (secondary N) is 1. The van der Waals surface area contributed by atoms with E-state index >= 15 is 0 Å². The first kappa shape index (κ1) is 11.2. The number of rotatable bonds is 2. The van der Waals surface area contributed by atoms with Crippen molar-refractivity contribution >= 4 is 5.69 Å². The molecule has 0 saturated carbocycles. The van der Waals surface area contributed by atoms with Crippen molar-refractivity contribution in [2.24, 2.45) is 0 Å². The van der Waals surface area contributed by atoms with E-state index in [9.17, 15) is 0 Å². The summed E-state index contributed by atoms with van der Waals surface area (Å²) in [5.41, 5.74) is 2.56. The van der Waals surface area contributed by atoms with Crippen LogP contribution in [0.5, 0.6) is 0 Å². The molecule has 3 heteroatoms. The fraction of sp³-hybridized carbons (Fsp3) is 0.267. The standard InChI is InChI=1S/C15H17N3/c1-2-6-14(7-3-1)18-10-9-17-15(12-18)13-5-4-8-16-11-13/h1-8,11,15,17H,9-10,12H2. The second-order valence-corrected chi connectivity index (χ2v) is 4.57. The van der Waals surface area contributed by atoms with Gasteiger partial charge in [0.15, 0.2) is 0 Å². The number of piperazine rings is 1. The lowest BCUT2D eigenvalue weighted by Crippen LogP contribution is -2.45. The summed E-state index contributed by atoms with van der Waals surface area (Å²) in [7, 11) is 0. The zero-order valence-electron chi connectivity index (χ0n) is 10.3. The first-order chi connectivity index (χ1) is 8.93. The van der Waals surface area contributed by atoms with Crippen molar-refractivity contribution in [2.45, 2.75) is 6.04 Å². The van der Waals surface area contributed by atoms with Gasteiger partial charge in [0, 0.05) is 37.7 Å². The summed E-state index contributed by atoms with van der Waals surface area (Å²) < 4.78 is 0. The van der Waals surface area contributed by atoms with Crippen LogP contribution in [0.3, 0.4) is 0 Å². The van der Waals surface area contributed by atoms with Crippen molar-refractivity contribution in [1.29, 1.82) is 0 Å². The van der Waals surface area contributed by atoms with Gasteiger partial charge in [-0.2, -0.15) is 0 Å². The Morgan fingerprint density at radius 1 is 1.11 bits per heavy atom. The highest BCUT2D eigenvalue weighted by atomic mass is 15.2. The quantitative estimate of drug-likeness (QED) is 0.871. The van der Waals surface area contributed by atoms with Crippen molar-refractivity contribution in [3.63, 3.8) is 0 Å². The molecule has 0 amide bonds. The van der Waals surface area contributed by atoms with E-state index in [4.69, 9.17) is 0 Å². The molecule has 1 aromatic carbocycles. The third kappa shape index (κ3) is 2.36. The molecule has 0 aliphatic carbocycles. The van der Waals surface area contributed by atoms with E-state index in [1.165, 1.54) is 11.3 Å². The number of benzene rings is 1. The van der Waals surface area contributed by atoms with Crippen LogP contribution in [0.4, 0.5) is 5.69 Å². The molecule has 1 unspecified atom stereocenters. The maximum atomic E-state index is 4.20. The summed E-state index contributed by atoms with van der Waals surface area (Å²) in [6.45, 7) is 3.06. The third-order valence-electron chi connectivity index (χ3n) is 3.38. The van der Waals surface area contributed by atoms with Gasteiger partial charge in [0.05, 0.1) is 6.04 Å². The van der Waals surface area contributed by atoms with Crippen molar-refractivity contribution < 1.29 is 0 Å². The van der Waals surface area contributed by atoms with Crippen LogP contribution in [0, 0.1) is 0 Å². The Morgan fingerprint density at radius 2 is 2.00 bits per heavy atom. The number of hydrogen-bond acceptors (Lipinski definition) is 3. The van der Waals surface area contributed by atoms with Gasteiger partial charge in [0.2, 0.25) is 0 Å². The Morgan fingerprint density at radius 3 is 2.78 bits per heavy atom. The minimum absolute atomic E-state index is 0.368. The largest absolute Gasteiger partial charge is 0.368 e. The maximum absolute atomic E-state index is 4.20. The SMILES string of the molecule is c1ccc(N2CCNC(c3cccnc3)C2)cc1. The normalized spacial score (nSPS) is 19.8. The molecular weight excluding hydrogens is 222 g/mol. The fourth-order valence-corrected chi connectivity index (χ4v) is 2.43. The maximum Gasteiger partial charge on any atom is 0.0514 e. The second-order valence-electron chi connectivity index (χ2n) is 4.57. The van der Waals surface area contributed by atoms with Crippen molar-refractivity contribution in [1.82, 2.24) is 10.3 Å². The highest BCUT2D eigenvalue weighted by Crippen LogP contribution is 2.21. The van der Waals surface area contributed by atoms with E-state index in [0.717, 1.165) is 19.6 Å². The molecule has 2 heterocycles. The number of hydrogen-bond donors (Lipinski definition) is 1. The van der Waals surface area contributed by atoms with E-state index < -0.39 is 0 Å². The molecule has 1 aromatic heterocycles. The van der Waals surface area contributed by atoms with E-state index in [1.807, 2.05) is 18.5 Å². The molecule has 0 bridgehead atoms. The molecule has 1 N–H and O–H groups in total. The predicted octanol–water partition coefficient (Wildman–Crippen LogP) is 2.23. The highest BCUT2D eigenvalue weighted by molar-refractivity contribution is 5.47. The topological polar surface area (TPSA) is 28.2 Å². The Balaban J connectivity index is 1.77. The summed E-state index contributed by atoms with van der Waals surface area (Å²) >= 11 is 0. The summed E-state index contributed by atoms with van der Waals surface area (Å²) in [5.74, 6) is 0. The van der Waals surface area contributed by atoms with E-state index in [0.29, 0.717) is 6.04 Å². The van der Waals surface area contributed by atoms with Crippen LogP contribution in [0.25, 0.3) is 0 Å². The van der Waals surface area contributed by atoms with Crippen LogP contribution < -0.4 is 10.2 Å². The van der Waals surface area contributed by atoms with Crippen LogP contribution in [-0.4, -0.2) is 24.6 Å². The molecule has 1 aliphatic heterocycles. The van der Waals surface area contributed by atoms with Gasteiger partial charge in [-0.15, -0.1) is 0 Å². The average Bonchev–Trinajstić information content (AvgIpc) is 2.49. The molecule has 0 radical (unpaired) electrons. The van der Waals surface area contributed by atoms with Crippen LogP contribution in [-0.2, 0) is 0 Å². The minimum atomic E-state index is 0.368. The van der Waals surface area contributed by atoms with Gasteiger partial charge in [-0.3, -0.25) is 4.98 Å². The highest BCUT2D eigenvalue weighted by Gasteiger charge is 2.20. The predicted molar refractivity (Wildman–Crippen MR) is 73.6 cm³/mol. The van der Waals surface area contributed by atoms with Crippen molar-refractivity contribution in [3.8, 4) is 0 Å². The van der Waals surface area contributed by atoms with Crippen LogP contribution in [0.1, 0.15) is 11.6 Å². The summed E-state index contributed by atoms with van der Waals surface area (Å²) in [5, 5.41) is 3.55. The molecule has 0 spiro atoms.